The molecular weight excluding hydrogens is 444 g/mol. The molecule has 0 spiro atoms. The Morgan fingerprint density at radius 3 is 2.77 bits per heavy atom. The first-order valence-electron chi connectivity index (χ1n) is 11.9. The predicted octanol–water partition coefficient (Wildman–Crippen LogP) is 0.882. The lowest BCUT2D eigenvalue weighted by Crippen LogP contribution is -2.60. The molecule has 0 bridgehead atoms. The number of hydrogen-bond acceptors (Lipinski definition) is 8. The maximum Gasteiger partial charge on any atom is 0.329 e. The Morgan fingerprint density at radius 1 is 1.20 bits per heavy atom. The molecule has 1 saturated heterocycles. The van der Waals surface area contributed by atoms with Gasteiger partial charge in [0.2, 0.25) is 0 Å². The standard InChI is InChI=1S/C25H30N8O2/c1-4-5-13-32-21-22(34)29-24(35)30(3)23(21)33(25(32)31-12-8-9-17(26)14-31)15-20-27-16(2)18-10-6-7-11-19(18)28-20/h6-7,10-11,17,25H,8-9,12-15,26H2,1-3H3,(H,29,34,35)/t17-,25?/m1/s1. The first kappa shape index (κ1) is 23.1. The molecule has 35 heavy (non-hydrogen) atoms. The van der Waals surface area contributed by atoms with E-state index in [1.54, 1.807) is 14.0 Å². The molecule has 0 radical (unpaired) electrons. The molecule has 3 N–H and O–H groups in total. The Bertz CT molecular complexity index is 1450. The highest BCUT2D eigenvalue weighted by Gasteiger charge is 2.44. The number of piperidine rings is 1. The van der Waals surface area contributed by atoms with Crippen LogP contribution in [0.2, 0.25) is 0 Å². The Kier molecular flexibility index (Phi) is 6.05. The predicted molar refractivity (Wildman–Crippen MR) is 136 cm³/mol. The molecule has 1 fully saturated rings. The second-order valence-electron chi connectivity index (χ2n) is 9.16. The third-order valence-corrected chi connectivity index (χ3v) is 6.78. The molecule has 2 atom stereocenters. The van der Waals surface area contributed by atoms with Crippen LogP contribution in [0.4, 0.5) is 11.5 Å². The Labute approximate surface area is 203 Å². The summed E-state index contributed by atoms with van der Waals surface area (Å²) in [5, 5.41) is 1.00. The quantitative estimate of drug-likeness (QED) is 0.536. The van der Waals surface area contributed by atoms with Gasteiger partial charge in [-0.05, 0) is 32.8 Å². The van der Waals surface area contributed by atoms with Crippen LogP contribution >= 0.6 is 0 Å². The fraction of sp³-hybridized carbons (Fsp3) is 0.440. The van der Waals surface area contributed by atoms with Crippen molar-refractivity contribution in [3.8, 4) is 11.8 Å². The molecule has 2 aliphatic heterocycles. The molecule has 3 aromatic rings. The summed E-state index contributed by atoms with van der Waals surface area (Å²) in [7, 11) is 1.67. The molecule has 0 amide bonds. The normalized spacial score (nSPS) is 20.1. The summed E-state index contributed by atoms with van der Waals surface area (Å²) >= 11 is 0. The number of nitrogens with two attached hydrogens (primary N) is 1. The number of anilines is 2. The van der Waals surface area contributed by atoms with Gasteiger partial charge >= 0.3 is 5.69 Å². The number of nitrogens with zero attached hydrogens (tertiary/aromatic N) is 6. The van der Waals surface area contributed by atoms with E-state index in [0.717, 1.165) is 36.0 Å². The molecule has 10 heteroatoms. The number of para-hydroxylation sites is 1. The summed E-state index contributed by atoms with van der Waals surface area (Å²) in [6.07, 6.45) is 1.56. The van der Waals surface area contributed by atoms with Crippen molar-refractivity contribution >= 4 is 22.4 Å². The van der Waals surface area contributed by atoms with Crippen LogP contribution in [0, 0.1) is 18.8 Å². The maximum absolute atomic E-state index is 13.1. The van der Waals surface area contributed by atoms with Gasteiger partial charge in [0.05, 0.1) is 18.6 Å². The average molecular weight is 475 g/mol. The van der Waals surface area contributed by atoms with Crippen LogP contribution in [0.25, 0.3) is 10.9 Å². The van der Waals surface area contributed by atoms with Gasteiger partial charge in [0.1, 0.15) is 17.3 Å². The van der Waals surface area contributed by atoms with Crippen LogP contribution < -0.4 is 26.8 Å². The molecule has 182 valence electrons. The van der Waals surface area contributed by atoms with Gasteiger partial charge < -0.3 is 15.5 Å². The first-order valence-corrected chi connectivity index (χ1v) is 11.9. The number of nitrogens with one attached hydrogen (secondary N) is 1. The number of benzene rings is 1. The highest BCUT2D eigenvalue weighted by atomic mass is 16.2. The van der Waals surface area contributed by atoms with Crippen molar-refractivity contribution < 1.29 is 0 Å². The zero-order chi connectivity index (χ0) is 24.7. The topological polar surface area (TPSA) is 116 Å². The largest absolute Gasteiger partial charge is 0.329 e. The summed E-state index contributed by atoms with van der Waals surface area (Å²) in [5.41, 5.74) is 7.63. The van der Waals surface area contributed by atoms with Crippen LogP contribution in [-0.4, -0.2) is 56.4 Å². The number of likely N-dealkylation sites (tertiary alicyclic amines) is 1. The van der Waals surface area contributed by atoms with Crippen molar-refractivity contribution in [1.82, 2.24) is 24.4 Å². The fourth-order valence-corrected chi connectivity index (χ4v) is 5.22. The van der Waals surface area contributed by atoms with Crippen molar-refractivity contribution in [1.29, 1.82) is 0 Å². The molecule has 2 aromatic heterocycles. The van der Waals surface area contributed by atoms with Gasteiger partial charge in [-0.1, -0.05) is 24.1 Å². The minimum Gasteiger partial charge on any atom is -0.327 e. The van der Waals surface area contributed by atoms with E-state index < -0.39 is 11.2 Å². The molecule has 0 aliphatic carbocycles. The molecule has 5 rings (SSSR count). The Balaban J connectivity index is 1.67. The van der Waals surface area contributed by atoms with Crippen LogP contribution in [0.15, 0.2) is 33.9 Å². The van der Waals surface area contributed by atoms with Gasteiger partial charge in [-0.2, -0.15) is 0 Å². The molecule has 10 nitrogen and oxygen atoms in total. The minimum atomic E-state index is -0.466. The summed E-state index contributed by atoms with van der Waals surface area (Å²) in [4.78, 5) is 44.1. The second kappa shape index (κ2) is 9.17. The number of aromatic nitrogens is 4. The van der Waals surface area contributed by atoms with Crippen LogP contribution in [-0.2, 0) is 13.6 Å². The number of fused-ring (bicyclic) bond motifs is 2. The van der Waals surface area contributed by atoms with E-state index >= 15 is 0 Å². The van der Waals surface area contributed by atoms with Gasteiger partial charge in [-0.3, -0.25) is 19.2 Å². The molecule has 2 aliphatic rings. The van der Waals surface area contributed by atoms with E-state index in [2.05, 4.69) is 21.7 Å². The van der Waals surface area contributed by atoms with E-state index in [-0.39, 0.29) is 12.3 Å². The lowest BCUT2D eigenvalue weighted by Gasteiger charge is -2.43. The first-order chi connectivity index (χ1) is 16.9. The van der Waals surface area contributed by atoms with E-state index in [9.17, 15) is 9.59 Å². The van der Waals surface area contributed by atoms with E-state index in [0.29, 0.717) is 37.0 Å². The third-order valence-electron chi connectivity index (χ3n) is 6.78. The number of H-pyrrole nitrogens is 1. The number of rotatable bonds is 4. The lowest BCUT2D eigenvalue weighted by molar-refractivity contribution is 0.145. The van der Waals surface area contributed by atoms with E-state index in [4.69, 9.17) is 15.7 Å². The number of hydrogen-bond donors (Lipinski definition) is 2. The van der Waals surface area contributed by atoms with E-state index in [1.807, 2.05) is 41.0 Å². The summed E-state index contributed by atoms with van der Waals surface area (Å²) in [5.74, 6) is 7.20. The molecular formula is C25H30N8O2. The summed E-state index contributed by atoms with van der Waals surface area (Å²) in [6, 6.07) is 7.94. The molecule has 4 heterocycles. The second-order valence-corrected chi connectivity index (χ2v) is 9.16. The highest BCUT2D eigenvalue weighted by molar-refractivity contribution is 5.80. The van der Waals surface area contributed by atoms with Crippen molar-refractivity contribution in [2.45, 2.75) is 45.6 Å². The molecule has 1 aromatic carbocycles. The molecule has 0 saturated carbocycles. The summed E-state index contributed by atoms with van der Waals surface area (Å²) in [6.45, 7) is 5.90. The Hall–Kier alpha value is -3.68. The third kappa shape index (κ3) is 4.07. The van der Waals surface area contributed by atoms with Crippen molar-refractivity contribution in [3.05, 3.63) is 56.6 Å². The van der Waals surface area contributed by atoms with Crippen molar-refractivity contribution in [3.63, 3.8) is 0 Å². The van der Waals surface area contributed by atoms with E-state index in [1.165, 1.54) is 4.57 Å². The van der Waals surface area contributed by atoms with Gasteiger partial charge in [-0.15, -0.1) is 5.92 Å². The zero-order valence-corrected chi connectivity index (χ0v) is 20.3. The van der Waals surface area contributed by atoms with Gasteiger partial charge in [0, 0.05) is 37.3 Å². The summed E-state index contributed by atoms with van der Waals surface area (Å²) < 4.78 is 1.49. The maximum atomic E-state index is 13.1. The van der Waals surface area contributed by atoms with Crippen molar-refractivity contribution in [2.24, 2.45) is 12.8 Å². The number of aryl methyl sites for hydroxylation is 1. The van der Waals surface area contributed by atoms with Crippen LogP contribution in [0.5, 0.6) is 0 Å². The SMILES string of the molecule is CC#CCN1c2c(n(C)c(=O)[nH]c2=O)N(Cc2nc(C)c3ccccc3n2)C1N1CCC[C@@H](N)C1. The monoisotopic (exact) mass is 474 g/mol. The molecule has 1 unspecified atom stereocenters. The zero-order valence-electron chi connectivity index (χ0n) is 20.3. The Morgan fingerprint density at radius 2 is 2.00 bits per heavy atom. The highest BCUT2D eigenvalue weighted by Crippen LogP contribution is 2.38. The lowest BCUT2D eigenvalue weighted by atomic mass is 10.1. The average Bonchev–Trinajstić information content (AvgIpc) is 3.15. The van der Waals surface area contributed by atoms with Gasteiger partial charge in [0.15, 0.2) is 6.29 Å². The smallest absolute Gasteiger partial charge is 0.327 e. The van der Waals surface area contributed by atoms with Crippen molar-refractivity contribution in [2.75, 3.05) is 29.4 Å². The van der Waals surface area contributed by atoms with Crippen LogP contribution in [0.1, 0.15) is 31.3 Å². The van der Waals surface area contributed by atoms with Gasteiger partial charge in [0.25, 0.3) is 5.56 Å². The number of aromatic amines is 1. The van der Waals surface area contributed by atoms with Gasteiger partial charge in [-0.25, -0.2) is 14.8 Å². The van der Waals surface area contributed by atoms with Crippen LogP contribution in [0.3, 0.4) is 0 Å². The minimum absolute atomic E-state index is 0.0367. The fourth-order valence-electron chi connectivity index (χ4n) is 5.22.